The molecule has 0 aliphatic heterocycles. The van der Waals surface area contributed by atoms with E-state index in [1.54, 1.807) is 7.05 Å². The van der Waals surface area contributed by atoms with Gasteiger partial charge in [-0.05, 0) is 52.4 Å². The largest absolute Gasteiger partial charge is 0.492 e. The maximum Gasteiger partial charge on any atom is 0.244 e. The van der Waals surface area contributed by atoms with Crippen LogP contribution in [0.3, 0.4) is 0 Å². The van der Waals surface area contributed by atoms with E-state index in [0.717, 1.165) is 5.56 Å². The van der Waals surface area contributed by atoms with Gasteiger partial charge in [-0.2, -0.15) is 0 Å². The average Bonchev–Trinajstić information content (AvgIpc) is 2.32. The number of carbonyl (C=O) groups is 1. The number of anilines is 1. The van der Waals surface area contributed by atoms with E-state index in [2.05, 4.69) is 10.6 Å². The summed E-state index contributed by atoms with van der Waals surface area (Å²) < 4.78 is 5.53. The highest BCUT2D eigenvalue weighted by molar-refractivity contribution is 5.98. The molecule has 0 aromatic heterocycles. The molecule has 1 aromatic rings. The number of amides is 1. The normalized spacial score (nSPS) is 11.2. The van der Waals surface area contributed by atoms with Crippen LogP contribution >= 0.6 is 0 Å². The molecule has 0 atom stereocenters. The predicted octanol–water partition coefficient (Wildman–Crippen LogP) is 2.33. The van der Waals surface area contributed by atoms with Crippen molar-refractivity contribution in [3.8, 4) is 5.75 Å². The number of nitrogens with one attached hydrogen (secondary N) is 2. The topological polar surface area (TPSA) is 50.4 Å². The molecule has 1 rings (SSSR count). The zero-order chi connectivity index (χ0) is 13.8. The zero-order valence-corrected chi connectivity index (χ0v) is 11.8. The Kier molecular flexibility index (Phi) is 4.73. The molecule has 0 fully saturated rings. The van der Waals surface area contributed by atoms with Crippen molar-refractivity contribution < 1.29 is 9.53 Å². The fourth-order valence-electron chi connectivity index (χ4n) is 1.40. The van der Waals surface area contributed by atoms with Crippen LogP contribution < -0.4 is 15.4 Å². The van der Waals surface area contributed by atoms with Gasteiger partial charge in [-0.3, -0.25) is 4.79 Å². The van der Waals surface area contributed by atoms with Gasteiger partial charge in [0.1, 0.15) is 5.75 Å². The third kappa shape index (κ3) is 3.47. The van der Waals surface area contributed by atoms with Gasteiger partial charge in [-0.15, -0.1) is 0 Å². The van der Waals surface area contributed by atoms with E-state index in [9.17, 15) is 4.79 Å². The molecular formula is C14H22N2O2. The van der Waals surface area contributed by atoms with Crippen LogP contribution in [-0.2, 0) is 4.79 Å². The van der Waals surface area contributed by atoms with Crippen LogP contribution in [0, 0.1) is 6.92 Å². The Hall–Kier alpha value is -1.55. The second kappa shape index (κ2) is 5.87. The van der Waals surface area contributed by atoms with Gasteiger partial charge in [-0.25, -0.2) is 0 Å². The summed E-state index contributed by atoms with van der Waals surface area (Å²) in [5, 5.41) is 5.86. The monoisotopic (exact) mass is 250 g/mol. The first-order valence-electron chi connectivity index (χ1n) is 6.14. The number of likely N-dealkylation sites (N-methyl/N-ethyl adjacent to an activating group) is 1. The third-order valence-electron chi connectivity index (χ3n) is 2.88. The number of carbonyl (C=O) groups excluding carboxylic acids is 1. The summed E-state index contributed by atoms with van der Waals surface area (Å²) in [4.78, 5) is 12.1. The second-order valence-electron chi connectivity index (χ2n) is 4.76. The molecule has 4 heteroatoms. The number of ether oxygens (including phenoxy) is 1. The fourth-order valence-corrected chi connectivity index (χ4v) is 1.40. The molecule has 1 aromatic carbocycles. The van der Waals surface area contributed by atoms with E-state index in [0.29, 0.717) is 18.0 Å². The van der Waals surface area contributed by atoms with Crippen molar-refractivity contribution in [2.75, 3.05) is 19.0 Å². The van der Waals surface area contributed by atoms with Crippen LogP contribution in [0.1, 0.15) is 26.3 Å². The first-order chi connectivity index (χ1) is 8.40. The SMILES string of the molecule is CCOc1cc(C)ccc1NC(=O)C(C)(C)NC. The van der Waals surface area contributed by atoms with Crippen molar-refractivity contribution in [3.05, 3.63) is 23.8 Å². The minimum Gasteiger partial charge on any atom is -0.492 e. The molecule has 4 nitrogen and oxygen atoms in total. The predicted molar refractivity (Wildman–Crippen MR) is 74.1 cm³/mol. The van der Waals surface area contributed by atoms with Gasteiger partial charge < -0.3 is 15.4 Å². The van der Waals surface area contributed by atoms with Crippen molar-refractivity contribution in [3.63, 3.8) is 0 Å². The van der Waals surface area contributed by atoms with Crippen molar-refractivity contribution >= 4 is 11.6 Å². The molecule has 0 unspecified atom stereocenters. The Labute approximate surface area is 109 Å². The van der Waals surface area contributed by atoms with Crippen molar-refractivity contribution in [1.29, 1.82) is 0 Å². The van der Waals surface area contributed by atoms with Crippen molar-refractivity contribution in [2.45, 2.75) is 33.2 Å². The van der Waals surface area contributed by atoms with Gasteiger partial charge in [-0.1, -0.05) is 6.07 Å². The minimum absolute atomic E-state index is 0.0881. The van der Waals surface area contributed by atoms with Crippen LogP contribution in [-0.4, -0.2) is 25.1 Å². The molecule has 0 aliphatic rings. The molecular weight excluding hydrogens is 228 g/mol. The summed E-state index contributed by atoms with van der Waals surface area (Å²) in [6, 6.07) is 5.74. The summed E-state index contributed by atoms with van der Waals surface area (Å²) >= 11 is 0. The van der Waals surface area contributed by atoms with E-state index in [4.69, 9.17) is 4.74 Å². The van der Waals surface area contributed by atoms with Crippen LogP contribution in [0.5, 0.6) is 5.75 Å². The highest BCUT2D eigenvalue weighted by Crippen LogP contribution is 2.26. The van der Waals surface area contributed by atoms with Crippen LogP contribution in [0.2, 0.25) is 0 Å². The first-order valence-corrected chi connectivity index (χ1v) is 6.14. The van der Waals surface area contributed by atoms with Crippen molar-refractivity contribution in [2.24, 2.45) is 0 Å². The van der Waals surface area contributed by atoms with Gasteiger partial charge >= 0.3 is 0 Å². The summed E-state index contributed by atoms with van der Waals surface area (Å²) in [7, 11) is 1.76. The highest BCUT2D eigenvalue weighted by atomic mass is 16.5. The Balaban J connectivity index is 2.93. The lowest BCUT2D eigenvalue weighted by Gasteiger charge is -2.23. The Morgan fingerprint density at radius 2 is 2.06 bits per heavy atom. The summed E-state index contributed by atoms with van der Waals surface area (Å²) in [5.41, 5.74) is 1.19. The molecule has 0 saturated heterocycles. The fraction of sp³-hybridized carbons (Fsp3) is 0.500. The number of aryl methyl sites for hydroxylation is 1. The summed E-state index contributed by atoms with van der Waals surface area (Å²) in [6.45, 7) is 8.15. The lowest BCUT2D eigenvalue weighted by atomic mass is 10.0. The van der Waals surface area contributed by atoms with E-state index >= 15 is 0 Å². The molecule has 0 heterocycles. The summed E-state index contributed by atoms with van der Waals surface area (Å²) in [5.74, 6) is 0.618. The Morgan fingerprint density at radius 1 is 1.39 bits per heavy atom. The third-order valence-corrected chi connectivity index (χ3v) is 2.88. The van der Waals surface area contributed by atoms with E-state index in [1.807, 2.05) is 45.9 Å². The standard InChI is InChI=1S/C14H22N2O2/c1-6-18-12-9-10(2)7-8-11(12)16-13(17)14(3,4)15-5/h7-9,15H,6H2,1-5H3,(H,16,17). The molecule has 0 bridgehead atoms. The van der Waals surface area contributed by atoms with Gasteiger partial charge in [0.2, 0.25) is 5.91 Å². The van der Waals surface area contributed by atoms with Crippen LogP contribution in [0.4, 0.5) is 5.69 Å². The first kappa shape index (κ1) is 14.5. The second-order valence-corrected chi connectivity index (χ2v) is 4.76. The van der Waals surface area contributed by atoms with E-state index < -0.39 is 5.54 Å². The number of benzene rings is 1. The molecule has 0 radical (unpaired) electrons. The van der Waals surface area contributed by atoms with Gasteiger partial charge in [0, 0.05) is 0 Å². The number of hydrogen-bond donors (Lipinski definition) is 2. The molecule has 0 spiro atoms. The molecule has 0 aliphatic carbocycles. The van der Waals surface area contributed by atoms with Gasteiger partial charge in [0.15, 0.2) is 0 Å². The maximum absolute atomic E-state index is 12.1. The van der Waals surface area contributed by atoms with E-state index in [1.165, 1.54) is 0 Å². The minimum atomic E-state index is -0.617. The van der Waals surface area contributed by atoms with Gasteiger partial charge in [0.25, 0.3) is 0 Å². The molecule has 1 amide bonds. The van der Waals surface area contributed by atoms with Crippen LogP contribution in [0.25, 0.3) is 0 Å². The Bertz CT molecular complexity index is 428. The average molecular weight is 250 g/mol. The quantitative estimate of drug-likeness (QED) is 0.843. The molecule has 0 saturated carbocycles. The lowest BCUT2D eigenvalue weighted by Crippen LogP contribution is -2.47. The molecule has 100 valence electrons. The van der Waals surface area contributed by atoms with Gasteiger partial charge in [0.05, 0.1) is 17.8 Å². The van der Waals surface area contributed by atoms with E-state index in [-0.39, 0.29) is 5.91 Å². The van der Waals surface area contributed by atoms with Crippen LogP contribution in [0.15, 0.2) is 18.2 Å². The number of rotatable bonds is 5. The zero-order valence-electron chi connectivity index (χ0n) is 11.8. The summed E-state index contributed by atoms with van der Waals surface area (Å²) in [6.07, 6.45) is 0. The molecule has 2 N–H and O–H groups in total. The Morgan fingerprint density at radius 3 is 2.61 bits per heavy atom. The smallest absolute Gasteiger partial charge is 0.244 e. The maximum atomic E-state index is 12.1. The number of hydrogen-bond acceptors (Lipinski definition) is 3. The lowest BCUT2D eigenvalue weighted by molar-refractivity contribution is -0.121. The highest BCUT2D eigenvalue weighted by Gasteiger charge is 2.25. The van der Waals surface area contributed by atoms with Crippen molar-refractivity contribution in [1.82, 2.24) is 5.32 Å². The molecule has 18 heavy (non-hydrogen) atoms.